The summed E-state index contributed by atoms with van der Waals surface area (Å²) in [6, 6.07) is 13.7. The fourth-order valence-corrected chi connectivity index (χ4v) is 5.75. The van der Waals surface area contributed by atoms with Gasteiger partial charge in [-0.05, 0) is 49.4 Å². The fourth-order valence-electron chi connectivity index (χ4n) is 3.70. The first kappa shape index (κ1) is 19.9. The van der Waals surface area contributed by atoms with Crippen molar-refractivity contribution < 1.29 is 8.42 Å². The molecule has 152 valence electrons. The molecule has 3 aromatic rings. The Kier molecular flexibility index (Phi) is 5.62. The molecule has 0 spiro atoms. The third-order valence-corrected chi connectivity index (χ3v) is 7.36. The van der Waals surface area contributed by atoms with Gasteiger partial charge >= 0.3 is 0 Å². The van der Waals surface area contributed by atoms with Crippen LogP contribution >= 0.6 is 12.2 Å². The van der Waals surface area contributed by atoms with Gasteiger partial charge in [0.1, 0.15) is 0 Å². The highest BCUT2D eigenvalue weighted by Crippen LogP contribution is 2.23. The summed E-state index contributed by atoms with van der Waals surface area (Å²) in [6.07, 6.45) is 4.14. The second kappa shape index (κ2) is 8.17. The van der Waals surface area contributed by atoms with Gasteiger partial charge < -0.3 is 0 Å². The van der Waals surface area contributed by atoms with Crippen molar-refractivity contribution in [3.63, 3.8) is 0 Å². The maximum atomic E-state index is 11.9. The van der Waals surface area contributed by atoms with E-state index in [-0.39, 0.29) is 17.5 Å². The van der Waals surface area contributed by atoms with Crippen molar-refractivity contribution in [2.75, 3.05) is 18.1 Å². The van der Waals surface area contributed by atoms with Crippen LogP contribution in [-0.2, 0) is 16.5 Å². The first-order valence-electron chi connectivity index (χ1n) is 9.58. The summed E-state index contributed by atoms with van der Waals surface area (Å²) < 4.78 is 28.1. The minimum absolute atomic E-state index is 0.00406. The van der Waals surface area contributed by atoms with Gasteiger partial charge in [-0.2, -0.15) is 0 Å². The first-order chi connectivity index (χ1) is 14.0. The lowest BCUT2D eigenvalue weighted by atomic mass is 10.2. The highest BCUT2D eigenvalue weighted by Gasteiger charge is 2.32. The molecule has 1 aliphatic heterocycles. The molecule has 0 saturated carbocycles. The van der Waals surface area contributed by atoms with E-state index in [2.05, 4.69) is 9.88 Å². The first-order valence-corrected chi connectivity index (χ1v) is 11.8. The standard InChI is InChI=1S/C20H23N5O2S2/c1-2-23(18-10-12-29(26,27)14-18)15-24-20(28)25(17-8-4-3-5-9-17)19(22-24)16-7-6-11-21-13-16/h3-9,11,13,18H,2,10,12,14-15H2,1H3/t18-/m1/s1. The van der Waals surface area contributed by atoms with Gasteiger partial charge in [0.25, 0.3) is 0 Å². The number of rotatable bonds is 6. The normalized spacial score (nSPS) is 18.3. The van der Waals surface area contributed by atoms with Crippen molar-refractivity contribution in [3.8, 4) is 17.1 Å². The quantitative estimate of drug-likeness (QED) is 0.561. The van der Waals surface area contributed by atoms with Crippen LogP contribution in [0.1, 0.15) is 13.3 Å². The Morgan fingerprint density at radius 3 is 2.62 bits per heavy atom. The Balaban J connectivity index is 1.75. The summed E-state index contributed by atoms with van der Waals surface area (Å²) in [5.41, 5.74) is 1.79. The Bertz CT molecular complexity index is 1140. The van der Waals surface area contributed by atoms with Crippen LogP contribution in [-0.4, -0.2) is 56.7 Å². The topological polar surface area (TPSA) is 73.0 Å². The zero-order chi connectivity index (χ0) is 20.4. The summed E-state index contributed by atoms with van der Waals surface area (Å²) in [5.74, 6) is 1.16. The summed E-state index contributed by atoms with van der Waals surface area (Å²) in [6.45, 7) is 3.20. The number of aromatic nitrogens is 4. The van der Waals surface area contributed by atoms with Crippen LogP contribution in [0.15, 0.2) is 54.9 Å². The number of para-hydroxylation sites is 1. The summed E-state index contributed by atoms with van der Waals surface area (Å²) in [5, 5.41) is 4.80. The van der Waals surface area contributed by atoms with Gasteiger partial charge in [0.15, 0.2) is 15.7 Å². The molecule has 4 rings (SSSR count). The van der Waals surface area contributed by atoms with Gasteiger partial charge in [-0.3, -0.25) is 14.5 Å². The van der Waals surface area contributed by atoms with Crippen LogP contribution in [0, 0.1) is 4.77 Å². The Labute approximate surface area is 175 Å². The van der Waals surface area contributed by atoms with Gasteiger partial charge in [0.2, 0.25) is 4.77 Å². The van der Waals surface area contributed by atoms with Gasteiger partial charge in [-0.25, -0.2) is 13.1 Å². The molecule has 7 nitrogen and oxygen atoms in total. The van der Waals surface area contributed by atoms with Crippen LogP contribution in [0.3, 0.4) is 0 Å². The van der Waals surface area contributed by atoms with E-state index in [1.54, 1.807) is 17.1 Å². The van der Waals surface area contributed by atoms with E-state index >= 15 is 0 Å². The molecule has 1 aromatic carbocycles. The number of hydrogen-bond donors (Lipinski definition) is 0. The highest BCUT2D eigenvalue weighted by atomic mass is 32.2. The molecule has 3 heterocycles. The third kappa shape index (κ3) is 4.17. The third-order valence-electron chi connectivity index (χ3n) is 5.22. The summed E-state index contributed by atoms with van der Waals surface area (Å²) in [7, 11) is -2.95. The molecular weight excluding hydrogens is 406 g/mol. The predicted octanol–water partition coefficient (Wildman–Crippen LogP) is 2.93. The van der Waals surface area contributed by atoms with Crippen LogP contribution in [0.25, 0.3) is 17.1 Å². The molecule has 9 heteroatoms. The monoisotopic (exact) mass is 429 g/mol. The van der Waals surface area contributed by atoms with E-state index in [0.29, 0.717) is 23.7 Å². The highest BCUT2D eigenvalue weighted by molar-refractivity contribution is 7.91. The van der Waals surface area contributed by atoms with Crippen molar-refractivity contribution in [1.29, 1.82) is 0 Å². The zero-order valence-corrected chi connectivity index (χ0v) is 17.8. The molecule has 1 atom stereocenters. The number of sulfone groups is 1. The summed E-state index contributed by atoms with van der Waals surface area (Å²) in [4.78, 5) is 6.35. The largest absolute Gasteiger partial charge is 0.281 e. The minimum atomic E-state index is -2.95. The molecule has 2 aromatic heterocycles. The van der Waals surface area contributed by atoms with E-state index < -0.39 is 9.84 Å². The van der Waals surface area contributed by atoms with E-state index in [1.165, 1.54) is 0 Å². The van der Waals surface area contributed by atoms with Gasteiger partial charge in [0, 0.05) is 29.7 Å². The SMILES string of the molecule is CCN(Cn1nc(-c2cccnc2)n(-c2ccccc2)c1=S)[C@@H]1CCS(=O)(=O)C1. The van der Waals surface area contributed by atoms with Crippen molar-refractivity contribution in [2.45, 2.75) is 26.1 Å². The van der Waals surface area contributed by atoms with Gasteiger partial charge in [-0.1, -0.05) is 25.1 Å². The fraction of sp³-hybridized carbons (Fsp3) is 0.350. The average molecular weight is 430 g/mol. The smallest absolute Gasteiger partial charge is 0.204 e. The molecular formula is C20H23N5O2S2. The lowest BCUT2D eigenvalue weighted by Gasteiger charge is -2.26. The van der Waals surface area contributed by atoms with Crippen LogP contribution in [0.4, 0.5) is 0 Å². The number of hydrogen-bond acceptors (Lipinski definition) is 6. The van der Waals surface area contributed by atoms with E-state index in [0.717, 1.165) is 17.8 Å². The molecule has 29 heavy (non-hydrogen) atoms. The Morgan fingerprint density at radius 2 is 2.00 bits per heavy atom. The number of nitrogens with zero attached hydrogens (tertiary/aromatic N) is 5. The van der Waals surface area contributed by atoms with Crippen molar-refractivity contribution in [2.24, 2.45) is 0 Å². The van der Waals surface area contributed by atoms with Crippen LogP contribution < -0.4 is 0 Å². The van der Waals surface area contributed by atoms with Gasteiger partial charge in [0.05, 0.1) is 18.2 Å². The molecule has 0 amide bonds. The maximum Gasteiger partial charge on any atom is 0.204 e. The van der Waals surface area contributed by atoms with Gasteiger partial charge in [-0.15, -0.1) is 5.10 Å². The van der Waals surface area contributed by atoms with E-state index in [9.17, 15) is 8.42 Å². The molecule has 0 aliphatic carbocycles. The van der Waals surface area contributed by atoms with Crippen LogP contribution in [0.5, 0.6) is 0 Å². The zero-order valence-electron chi connectivity index (χ0n) is 16.2. The molecule has 0 unspecified atom stereocenters. The second-order valence-electron chi connectivity index (χ2n) is 7.12. The van der Waals surface area contributed by atoms with E-state index in [1.807, 2.05) is 54.0 Å². The molecule has 1 aliphatic rings. The van der Waals surface area contributed by atoms with Crippen molar-refractivity contribution in [1.82, 2.24) is 24.2 Å². The van der Waals surface area contributed by atoms with Crippen LogP contribution in [0.2, 0.25) is 0 Å². The molecule has 1 saturated heterocycles. The average Bonchev–Trinajstić information content (AvgIpc) is 3.26. The minimum Gasteiger partial charge on any atom is -0.281 e. The van der Waals surface area contributed by atoms with Crippen molar-refractivity contribution >= 4 is 22.1 Å². The number of pyridine rings is 1. The lowest BCUT2D eigenvalue weighted by molar-refractivity contribution is 0.164. The summed E-state index contributed by atoms with van der Waals surface area (Å²) >= 11 is 5.78. The predicted molar refractivity (Wildman–Crippen MR) is 115 cm³/mol. The molecule has 0 bridgehead atoms. The Morgan fingerprint density at radius 1 is 1.21 bits per heavy atom. The molecule has 1 fully saturated rings. The van der Waals surface area contributed by atoms with Crippen molar-refractivity contribution in [3.05, 3.63) is 59.6 Å². The lowest BCUT2D eigenvalue weighted by Crippen LogP contribution is -2.37. The second-order valence-corrected chi connectivity index (χ2v) is 9.72. The molecule has 0 radical (unpaired) electrons. The van der Waals surface area contributed by atoms with E-state index in [4.69, 9.17) is 17.3 Å². The Hall–Kier alpha value is -2.36. The maximum absolute atomic E-state index is 11.9. The number of benzene rings is 1. The molecule has 0 N–H and O–H groups in total.